The molecule has 134 valence electrons. The number of amides is 1. The molecule has 0 saturated carbocycles. The van der Waals surface area contributed by atoms with Gasteiger partial charge >= 0.3 is 0 Å². The van der Waals surface area contributed by atoms with Crippen LogP contribution in [0.2, 0.25) is 0 Å². The number of carbonyl (C=O) groups excluding carboxylic acids is 1. The lowest BCUT2D eigenvalue weighted by molar-refractivity contribution is -0.142. The van der Waals surface area contributed by atoms with Crippen LogP contribution < -0.4 is 9.47 Å². The molecule has 2 heterocycles. The fourth-order valence-electron chi connectivity index (χ4n) is 2.62. The molecular weight excluding hydrogens is 330 g/mol. The van der Waals surface area contributed by atoms with E-state index in [4.69, 9.17) is 14.7 Å². The molecule has 0 radical (unpaired) electrons. The number of hydrogen-bond acceptors (Lipinski definition) is 5. The van der Waals surface area contributed by atoms with Gasteiger partial charge in [0, 0.05) is 12.3 Å². The summed E-state index contributed by atoms with van der Waals surface area (Å²) in [5, 5.41) is 8.88. The minimum atomic E-state index is -0.106. The van der Waals surface area contributed by atoms with Crippen LogP contribution in [-0.4, -0.2) is 41.6 Å². The molecule has 26 heavy (non-hydrogen) atoms. The van der Waals surface area contributed by atoms with Gasteiger partial charge in [-0.1, -0.05) is 26.0 Å². The number of likely N-dealkylation sites (tertiary alicyclic amines) is 1. The summed E-state index contributed by atoms with van der Waals surface area (Å²) in [4.78, 5) is 17.9. The van der Waals surface area contributed by atoms with Crippen LogP contribution in [0.1, 0.15) is 30.9 Å². The third kappa shape index (κ3) is 4.31. The Morgan fingerprint density at radius 3 is 2.69 bits per heavy atom. The summed E-state index contributed by atoms with van der Waals surface area (Å²) in [6, 6.07) is 13.1. The number of hydrogen-bond donors (Lipinski definition) is 0. The van der Waals surface area contributed by atoms with E-state index >= 15 is 0 Å². The van der Waals surface area contributed by atoms with Crippen molar-refractivity contribution in [1.82, 2.24) is 9.88 Å². The fraction of sp³-hybridized carbons (Fsp3) is 0.350. The van der Waals surface area contributed by atoms with Gasteiger partial charge in [-0.15, -0.1) is 0 Å². The van der Waals surface area contributed by atoms with E-state index in [-0.39, 0.29) is 18.6 Å². The Labute approximate surface area is 153 Å². The Kier molecular flexibility index (Phi) is 5.37. The number of aromatic nitrogens is 1. The van der Waals surface area contributed by atoms with Crippen molar-refractivity contribution in [3.05, 3.63) is 53.7 Å². The second kappa shape index (κ2) is 7.87. The van der Waals surface area contributed by atoms with Crippen molar-refractivity contribution >= 4 is 5.91 Å². The van der Waals surface area contributed by atoms with E-state index in [1.807, 2.05) is 30.3 Å². The zero-order valence-corrected chi connectivity index (χ0v) is 14.9. The average molecular weight is 351 g/mol. The van der Waals surface area contributed by atoms with Gasteiger partial charge in [-0.05, 0) is 29.7 Å². The van der Waals surface area contributed by atoms with Crippen molar-refractivity contribution in [1.29, 1.82) is 5.26 Å². The maximum absolute atomic E-state index is 12.2. The van der Waals surface area contributed by atoms with Crippen molar-refractivity contribution in [2.75, 3.05) is 19.7 Å². The first kappa shape index (κ1) is 17.7. The molecule has 1 aliphatic rings. The third-order valence-electron chi connectivity index (χ3n) is 4.26. The Morgan fingerprint density at radius 1 is 1.31 bits per heavy atom. The summed E-state index contributed by atoms with van der Waals surface area (Å²) < 4.78 is 11.2. The van der Waals surface area contributed by atoms with E-state index in [1.165, 1.54) is 11.8 Å². The summed E-state index contributed by atoms with van der Waals surface area (Å²) in [6.45, 7) is 5.26. The van der Waals surface area contributed by atoms with Crippen LogP contribution in [0.3, 0.4) is 0 Å². The van der Waals surface area contributed by atoms with Gasteiger partial charge in [0.1, 0.15) is 11.9 Å². The van der Waals surface area contributed by atoms with E-state index in [2.05, 4.69) is 18.8 Å². The van der Waals surface area contributed by atoms with Crippen LogP contribution in [0.5, 0.6) is 11.6 Å². The third-order valence-corrected chi connectivity index (χ3v) is 4.26. The molecule has 2 aromatic rings. The van der Waals surface area contributed by atoms with Crippen LogP contribution in [-0.2, 0) is 4.79 Å². The van der Waals surface area contributed by atoms with Crippen LogP contribution in [0.25, 0.3) is 0 Å². The molecule has 0 bridgehead atoms. The van der Waals surface area contributed by atoms with Crippen molar-refractivity contribution in [2.45, 2.75) is 25.9 Å². The molecule has 0 unspecified atom stereocenters. The standard InChI is InChI=1S/C20H21N3O3/c1-14(2)16-3-5-17(6-4-16)25-13-20(24)23-11-18(12-23)26-19-9-15(10-21)7-8-22-19/h3-9,14,18H,11-13H2,1-2H3. The van der Waals surface area contributed by atoms with Crippen molar-refractivity contribution in [3.8, 4) is 17.7 Å². The quantitative estimate of drug-likeness (QED) is 0.800. The Balaban J connectivity index is 1.42. The average Bonchev–Trinajstić information content (AvgIpc) is 2.63. The van der Waals surface area contributed by atoms with E-state index in [0.29, 0.717) is 36.2 Å². The highest BCUT2D eigenvalue weighted by atomic mass is 16.5. The first-order chi connectivity index (χ1) is 12.5. The number of pyridine rings is 1. The van der Waals surface area contributed by atoms with Gasteiger partial charge < -0.3 is 14.4 Å². The van der Waals surface area contributed by atoms with Crippen molar-refractivity contribution in [3.63, 3.8) is 0 Å². The lowest BCUT2D eigenvalue weighted by Crippen LogP contribution is -2.57. The summed E-state index contributed by atoms with van der Waals surface area (Å²) in [7, 11) is 0. The van der Waals surface area contributed by atoms with E-state index < -0.39 is 0 Å². The Morgan fingerprint density at radius 2 is 2.04 bits per heavy atom. The zero-order chi connectivity index (χ0) is 18.5. The fourth-order valence-corrected chi connectivity index (χ4v) is 2.62. The number of benzene rings is 1. The molecule has 1 saturated heterocycles. The number of rotatable bonds is 6. The first-order valence-electron chi connectivity index (χ1n) is 8.58. The molecule has 1 aromatic heterocycles. The van der Waals surface area contributed by atoms with Gasteiger partial charge in [0.2, 0.25) is 5.88 Å². The van der Waals surface area contributed by atoms with Gasteiger partial charge in [0.15, 0.2) is 6.61 Å². The minimum absolute atomic E-state index is 0.00983. The minimum Gasteiger partial charge on any atom is -0.484 e. The van der Waals surface area contributed by atoms with Gasteiger partial charge in [0.05, 0.1) is 24.7 Å². The molecule has 1 aliphatic heterocycles. The summed E-state index contributed by atoms with van der Waals surface area (Å²) in [5.41, 5.74) is 1.74. The number of carbonyl (C=O) groups is 1. The smallest absolute Gasteiger partial charge is 0.260 e. The molecule has 0 N–H and O–H groups in total. The highest BCUT2D eigenvalue weighted by molar-refractivity contribution is 5.78. The molecule has 0 atom stereocenters. The molecular formula is C20H21N3O3. The van der Waals surface area contributed by atoms with Gasteiger partial charge in [-0.3, -0.25) is 4.79 Å². The van der Waals surface area contributed by atoms with Gasteiger partial charge in [-0.25, -0.2) is 4.98 Å². The molecule has 1 fully saturated rings. The normalized spacial score (nSPS) is 13.8. The topological polar surface area (TPSA) is 75.4 Å². The Hall–Kier alpha value is -3.07. The zero-order valence-electron chi connectivity index (χ0n) is 14.9. The van der Waals surface area contributed by atoms with Gasteiger partial charge in [-0.2, -0.15) is 5.26 Å². The lowest BCUT2D eigenvalue weighted by atomic mass is 10.0. The predicted molar refractivity (Wildman–Crippen MR) is 96.0 cm³/mol. The molecule has 0 spiro atoms. The summed E-state index contributed by atoms with van der Waals surface area (Å²) in [5.74, 6) is 1.49. The van der Waals surface area contributed by atoms with Crippen LogP contribution in [0, 0.1) is 11.3 Å². The van der Waals surface area contributed by atoms with Gasteiger partial charge in [0.25, 0.3) is 5.91 Å². The van der Waals surface area contributed by atoms with E-state index in [9.17, 15) is 4.79 Å². The van der Waals surface area contributed by atoms with Crippen LogP contribution in [0.4, 0.5) is 0 Å². The SMILES string of the molecule is CC(C)c1ccc(OCC(=O)N2CC(Oc3cc(C#N)ccn3)C2)cc1. The molecule has 1 amide bonds. The second-order valence-corrected chi connectivity index (χ2v) is 6.55. The van der Waals surface area contributed by atoms with E-state index in [0.717, 1.165) is 0 Å². The molecule has 3 rings (SSSR count). The lowest BCUT2D eigenvalue weighted by Gasteiger charge is -2.38. The van der Waals surface area contributed by atoms with E-state index in [1.54, 1.807) is 17.0 Å². The number of nitrogens with zero attached hydrogens (tertiary/aromatic N) is 3. The van der Waals surface area contributed by atoms with Crippen molar-refractivity contribution < 1.29 is 14.3 Å². The monoisotopic (exact) mass is 351 g/mol. The first-order valence-corrected chi connectivity index (χ1v) is 8.58. The maximum Gasteiger partial charge on any atom is 0.260 e. The maximum atomic E-state index is 12.2. The number of nitriles is 1. The predicted octanol–water partition coefficient (Wildman–Crippen LogP) is 2.75. The second-order valence-electron chi connectivity index (χ2n) is 6.55. The van der Waals surface area contributed by atoms with Crippen molar-refractivity contribution in [2.24, 2.45) is 0 Å². The van der Waals surface area contributed by atoms with Crippen LogP contribution >= 0.6 is 0 Å². The molecule has 1 aromatic carbocycles. The summed E-state index contributed by atoms with van der Waals surface area (Å²) >= 11 is 0. The van der Waals surface area contributed by atoms with Crippen LogP contribution in [0.15, 0.2) is 42.6 Å². The highest BCUT2D eigenvalue weighted by Gasteiger charge is 2.32. The summed E-state index contributed by atoms with van der Waals surface area (Å²) in [6.07, 6.45) is 1.43. The Bertz CT molecular complexity index is 806. The number of ether oxygens (including phenoxy) is 2. The molecule has 6 heteroatoms. The molecule has 6 nitrogen and oxygen atoms in total. The largest absolute Gasteiger partial charge is 0.484 e. The highest BCUT2D eigenvalue weighted by Crippen LogP contribution is 2.20. The molecule has 0 aliphatic carbocycles.